The first kappa shape index (κ1) is 25.2. The van der Waals surface area contributed by atoms with Gasteiger partial charge in [-0.05, 0) is 36.5 Å². The quantitative estimate of drug-likeness (QED) is 0.248. The number of fused-ring (bicyclic) bond motifs is 1. The standard InChI is InChI=1S/C25H40N6OSi/c1-7-8-16-31-19-28-21-22(27-18-20-13-10-9-11-14-20)29-24(30-23(21)31)26-15-12-17-32-33(5,6)25(2,3)4/h9-11,13-14,19H,7-8,12,15-18H2,1-6H3,(H2,26,27,29,30). The Kier molecular flexibility index (Phi) is 8.48. The zero-order valence-corrected chi connectivity index (χ0v) is 22.1. The van der Waals surface area contributed by atoms with Crippen molar-refractivity contribution in [3.63, 3.8) is 0 Å². The van der Waals surface area contributed by atoms with Gasteiger partial charge >= 0.3 is 0 Å². The van der Waals surface area contributed by atoms with Crippen LogP contribution in [0.4, 0.5) is 11.8 Å². The predicted molar refractivity (Wildman–Crippen MR) is 140 cm³/mol. The summed E-state index contributed by atoms with van der Waals surface area (Å²) in [7, 11) is -1.71. The van der Waals surface area contributed by atoms with Crippen LogP contribution in [0.1, 0.15) is 52.5 Å². The summed E-state index contributed by atoms with van der Waals surface area (Å²) in [4.78, 5) is 14.2. The maximum atomic E-state index is 6.30. The number of imidazole rings is 1. The molecule has 0 aliphatic rings. The normalized spacial score (nSPS) is 12.3. The van der Waals surface area contributed by atoms with Crippen LogP contribution in [0.5, 0.6) is 0 Å². The van der Waals surface area contributed by atoms with Gasteiger partial charge in [-0.15, -0.1) is 0 Å². The SMILES string of the molecule is CCCCn1cnc2c(NCc3ccccc3)nc(NCCCO[Si](C)(C)C(C)(C)C)nc21. The van der Waals surface area contributed by atoms with Crippen molar-refractivity contribution in [2.75, 3.05) is 23.8 Å². The molecule has 0 atom stereocenters. The number of nitrogens with one attached hydrogen (secondary N) is 2. The van der Waals surface area contributed by atoms with Gasteiger partial charge in [0.05, 0.1) is 6.33 Å². The van der Waals surface area contributed by atoms with Gasteiger partial charge in [0.25, 0.3) is 0 Å². The lowest BCUT2D eigenvalue weighted by Crippen LogP contribution is -2.41. The molecule has 2 N–H and O–H groups in total. The molecule has 7 nitrogen and oxygen atoms in total. The molecule has 0 aliphatic heterocycles. The van der Waals surface area contributed by atoms with Crippen molar-refractivity contribution >= 4 is 31.2 Å². The van der Waals surface area contributed by atoms with E-state index < -0.39 is 8.32 Å². The van der Waals surface area contributed by atoms with Gasteiger partial charge in [0.15, 0.2) is 25.3 Å². The summed E-state index contributed by atoms with van der Waals surface area (Å²) < 4.78 is 8.42. The molecule has 8 heteroatoms. The Morgan fingerprint density at radius 3 is 2.48 bits per heavy atom. The second-order valence-corrected chi connectivity index (χ2v) is 14.9. The molecule has 0 bridgehead atoms. The molecule has 0 radical (unpaired) electrons. The molecule has 0 fully saturated rings. The minimum Gasteiger partial charge on any atom is -0.417 e. The molecule has 0 saturated heterocycles. The Balaban J connectivity index is 1.69. The van der Waals surface area contributed by atoms with E-state index in [1.54, 1.807) is 0 Å². The van der Waals surface area contributed by atoms with E-state index in [1.807, 2.05) is 24.5 Å². The molecule has 0 amide bonds. The van der Waals surface area contributed by atoms with Crippen molar-refractivity contribution in [3.05, 3.63) is 42.2 Å². The number of hydrogen-bond donors (Lipinski definition) is 2. The van der Waals surface area contributed by atoms with Crippen LogP contribution in [0.25, 0.3) is 11.2 Å². The zero-order chi connectivity index (χ0) is 23.9. The maximum Gasteiger partial charge on any atom is 0.226 e. The molecular formula is C25H40N6OSi. The lowest BCUT2D eigenvalue weighted by Gasteiger charge is -2.36. The van der Waals surface area contributed by atoms with Gasteiger partial charge in [-0.2, -0.15) is 9.97 Å². The molecule has 1 aromatic carbocycles. The van der Waals surface area contributed by atoms with Crippen LogP contribution >= 0.6 is 0 Å². The van der Waals surface area contributed by atoms with Gasteiger partial charge < -0.3 is 19.6 Å². The van der Waals surface area contributed by atoms with Gasteiger partial charge in [-0.3, -0.25) is 0 Å². The third kappa shape index (κ3) is 6.77. The topological polar surface area (TPSA) is 76.9 Å². The average molecular weight is 469 g/mol. The third-order valence-electron chi connectivity index (χ3n) is 6.39. The first-order valence-corrected chi connectivity index (χ1v) is 15.0. The number of anilines is 2. The number of aromatic nitrogens is 4. The highest BCUT2D eigenvalue weighted by Gasteiger charge is 2.36. The van der Waals surface area contributed by atoms with E-state index in [9.17, 15) is 0 Å². The molecule has 0 saturated carbocycles. The summed E-state index contributed by atoms with van der Waals surface area (Å²) in [6, 6.07) is 10.3. The molecule has 2 heterocycles. The molecule has 3 aromatic rings. The molecule has 2 aromatic heterocycles. The summed E-state index contributed by atoms with van der Waals surface area (Å²) >= 11 is 0. The Hall–Kier alpha value is -2.45. The largest absolute Gasteiger partial charge is 0.417 e. The monoisotopic (exact) mass is 468 g/mol. The van der Waals surface area contributed by atoms with Crippen molar-refractivity contribution in [2.45, 2.75) is 78.2 Å². The highest BCUT2D eigenvalue weighted by Crippen LogP contribution is 2.36. The van der Waals surface area contributed by atoms with Crippen molar-refractivity contribution < 1.29 is 4.43 Å². The van der Waals surface area contributed by atoms with Crippen molar-refractivity contribution in [3.8, 4) is 0 Å². The minimum absolute atomic E-state index is 0.227. The Bertz CT molecular complexity index is 1010. The van der Waals surface area contributed by atoms with Gasteiger partial charge in [0.2, 0.25) is 5.95 Å². The number of rotatable bonds is 12. The number of benzene rings is 1. The molecule has 0 unspecified atom stereocenters. The van der Waals surface area contributed by atoms with Gasteiger partial charge in [-0.25, -0.2) is 4.98 Å². The lowest BCUT2D eigenvalue weighted by atomic mass is 10.2. The van der Waals surface area contributed by atoms with E-state index in [4.69, 9.17) is 14.4 Å². The van der Waals surface area contributed by atoms with Gasteiger partial charge in [0, 0.05) is 26.2 Å². The summed E-state index contributed by atoms with van der Waals surface area (Å²) in [6.07, 6.45) is 5.01. The maximum absolute atomic E-state index is 6.30. The van der Waals surface area contributed by atoms with Crippen LogP contribution in [0.2, 0.25) is 18.1 Å². The lowest BCUT2D eigenvalue weighted by molar-refractivity contribution is 0.286. The van der Waals surface area contributed by atoms with Gasteiger partial charge in [0.1, 0.15) is 0 Å². The number of unbranched alkanes of at least 4 members (excludes halogenated alkanes) is 1. The fourth-order valence-electron chi connectivity index (χ4n) is 3.24. The summed E-state index contributed by atoms with van der Waals surface area (Å²) in [6.45, 7) is 16.7. The second-order valence-electron chi connectivity index (χ2n) is 10.1. The number of aryl methyl sites for hydroxylation is 1. The van der Waals surface area contributed by atoms with Crippen LogP contribution in [-0.2, 0) is 17.5 Å². The minimum atomic E-state index is -1.71. The Morgan fingerprint density at radius 1 is 1.03 bits per heavy atom. The Labute approximate surface area is 199 Å². The first-order valence-electron chi connectivity index (χ1n) is 12.1. The van der Waals surface area contributed by atoms with E-state index in [1.165, 1.54) is 5.56 Å². The summed E-state index contributed by atoms with van der Waals surface area (Å²) in [5.41, 5.74) is 2.88. The molecular weight excluding hydrogens is 428 g/mol. The van der Waals surface area contributed by atoms with Crippen LogP contribution in [0.15, 0.2) is 36.7 Å². The third-order valence-corrected chi connectivity index (χ3v) is 10.9. The molecule has 0 spiro atoms. The highest BCUT2D eigenvalue weighted by molar-refractivity contribution is 6.74. The summed E-state index contributed by atoms with van der Waals surface area (Å²) in [5.74, 6) is 1.39. The molecule has 180 valence electrons. The van der Waals surface area contributed by atoms with Crippen molar-refractivity contribution in [2.24, 2.45) is 0 Å². The van der Waals surface area contributed by atoms with Gasteiger partial charge in [-0.1, -0.05) is 64.4 Å². The molecule has 0 aliphatic carbocycles. The fraction of sp³-hybridized carbons (Fsp3) is 0.560. The molecule has 3 rings (SSSR count). The van der Waals surface area contributed by atoms with Crippen LogP contribution in [-0.4, -0.2) is 41.0 Å². The van der Waals surface area contributed by atoms with E-state index in [0.29, 0.717) is 12.5 Å². The van der Waals surface area contributed by atoms with E-state index in [-0.39, 0.29) is 5.04 Å². The van der Waals surface area contributed by atoms with Crippen LogP contribution in [0.3, 0.4) is 0 Å². The van der Waals surface area contributed by atoms with Crippen LogP contribution < -0.4 is 10.6 Å². The Morgan fingerprint density at radius 2 is 1.79 bits per heavy atom. The van der Waals surface area contributed by atoms with E-state index >= 15 is 0 Å². The van der Waals surface area contributed by atoms with E-state index in [2.05, 4.69) is 73.1 Å². The van der Waals surface area contributed by atoms with Crippen molar-refractivity contribution in [1.29, 1.82) is 0 Å². The average Bonchev–Trinajstić information content (AvgIpc) is 3.18. The highest BCUT2D eigenvalue weighted by atomic mass is 28.4. The molecule has 33 heavy (non-hydrogen) atoms. The van der Waals surface area contributed by atoms with E-state index in [0.717, 1.165) is 55.9 Å². The number of nitrogens with zero attached hydrogens (tertiary/aromatic N) is 4. The summed E-state index contributed by atoms with van der Waals surface area (Å²) in [5, 5.41) is 7.10. The zero-order valence-electron chi connectivity index (χ0n) is 21.1. The number of hydrogen-bond acceptors (Lipinski definition) is 6. The predicted octanol–water partition coefficient (Wildman–Crippen LogP) is 6.06. The van der Waals surface area contributed by atoms with Crippen molar-refractivity contribution in [1.82, 2.24) is 19.5 Å². The first-order chi connectivity index (χ1) is 15.7. The smallest absolute Gasteiger partial charge is 0.226 e. The fourth-order valence-corrected chi connectivity index (χ4v) is 4.32. The second kappa shape index (κ2) is 11.1. The van der Waals surface area contributed by atoms with Crippen LogP contribution in [0, 0.1) is 0 Å².